The largest absolute Gasteiger partial charge is 0.416 e. The summed E-state index contributed by atoms with van der Waals surface area (Å²) in [7, 11) is 3.76. The molecule has 1 amide bonds. The summed E-state index contributed by atoms with van der Waals surface area (Å²) in [4.78, 5) is 18.1. The molecule has 228 valence electrons. The number of carbonyl (C=O) groups is 1. The van der Waals surface area contributed by atoms with Crippen molar-refractivity contribution in [1.82, 2.24) is 14.4 Å². The molecule has 4 aromatic rings. The van der Waals surface area contributed by atoms with E-state index in [1.54, 1.807) is 11.0 Å². The first-order chi connectivity index (χ1) is 20.5. The molecule has 0 spiro atoms. The van der Waals surface area contributed by atoms with Crippen molar-refractivity contribution in [1.29, 1.82) is 0 Å². The average molecular weight is 594 g/mol. The summed E-state index contributed by atoms with van der Waals surface area (Å²) >= 11 is 0. The normalized spacial score (nSPS) is 18.8. The third kappa shape index (κ3) is 6.34. The van der Waals surface area contributed by atoms with Crippen LogP contribution in [0.25, 0.3) is 22.0 Å². The fourth-order valence-corrected chi connectivity index (χ4v) is 6.05. The molecule has 1 aliphatic rings. The number of para-hydroxylation sites is 1. The fraction of sp³-hybridized carbons (Fsp3) is 0.382. The molecule has 3 atom stereocenters. The molecule has 0 fully saturated rings. The van der Waals surface area contributed by atoms with Crippen LogP contribution < -0.4 is 0 Å². The van der Waals surface area contributed by atoms with E-state index in [-0.39, 0.29) is 24.5 Å². The first-order valence-electron chi connectivity index (χ1n) is 14.5. The number of nitrogens with zero attached hydrogens (tertiary/aromatic N) is 3. The van der Waals surface area contributed by atoms with Gasteiger partial charge in [0.2, 0.25) is 0 Å². The van der Waals surface area contributed by atoms with Gasteiger partial charge in [-0.05, 0) is 42.8 Å². The molecule has 0 bridgehead atoms. The second kappa shape index (κ2) is 12.5. The minimum absolute atomic E-state index is 0.148. The van der Waals surface area contributed by atoms with Gasteiger partial charge in [0.15, 0.2) is 0 Å². The van der Waals surface area contributed by atoms with Crippen LogP contribution in [0, 0.1) is 5.92 Å². The van der Waals surface area contributed by atoms with E-state index in [9.17, 15) is 23.1 Å². The van der Waals surface area contributed by atoms with Gasteiger partial charge in [-0.25, -0.2) is 0 Å². The van der Waals surface area contributed by atoms with Crippen LogP contribution >= 0.6 is 0 Å². The molecule has 0 unspecified atom stereocenters. The van der Waals surface area contributed by atoms with E-state index in [1.807, 2.05) is 85.9 Å². The molecule has 0 saturated carbocycles. The second-order valence-corrected chi connectivity index (χ2v) is 11.7. The Labute approximate surface area is 250 Å². The van der Waals surface area contributed by atoms with Gasteiger partial charge in [-0.15, -0.1) is 0 Å². The minimum atomic E-state index is -4.41. The van der Waals surface area contributed by atoms with Crippen molar-refractivity contribution in [2.24, 2.45) is 13.0 Å². The van der Waals surface area contributed by atoms with Gasteiger partial charge in [0.1, 0.15) is 5.69 Å². The fourth-order valence-electron chi connectivity index (χ4n) is 6.05. The molecule has 2 heterocycles. The Morgan fingerprint density at radius 1 is 1.07 bits per heavy atom. The van der Waals surface area contributed by atoms with Gasteiger partial charge in [-0.1, -0.05) is 67.6 Å². The van der Waals surface area contributed by atoms with Crippen LogP contribution in [0.2, 0.25) is 0 Å². The molecule has 43 heavy (non-hydrogen) atoms. The van der Waals surface area contributed by atoms with Crippen LogP contribution in [0.4, 0.5) is 13.2 Å². The standard InChI is InChI=1S/C34H38F3N3O3/c1-22-17-40(23(2)20-41)33(42)32-31(28-14-7-8-15-29(28)39(32)4)27-13-6-5-11-25(27)21-43-30(22)19-38(3)18-24-10-9-12-26(16-24)34(35,36)37/h5-16,22-23,30,41H,17-21H2,1-4H3/t22-,23+,30+/m1/s1. The van der Waals surface area contributed by atoms with E-state index in [2.05, 4.69) is 0 Å². The van der Waals surface area contributed by atoms with Crippen LogP contribution in [-0.2, 0) is 31.1 Å². The minimum Gasteiger partial charge on any atom is -0.394 e. The quantitative estimate of drug-likeness (QED) is 0.283. The van der Waals surface area contributed by atoms with Crippen molar-refractivity contribution >= 4 is 16.8 Å². The number of hydrogen-bond acceptors (Lipinski definition) is 4. The predicted molar refractivity (Wildman–Crippen MR) is 161 cm³/mol. The Bertz CT molecular complexity index is 1600. The monoisotopic (exact) mass is 593 g/mol. The topological polar surface area (TPSA) is 57.9 Å². The van der Waals surface area contributed by atoms with Gasteiger partial charge in [0.05, 0.1) is 30.9 Å². The van der Waals surface area contributed by atoms with E-state index in [0.717, 1.165) is 33.7 Å². The highest BCUT2D eigenvalue weighted by Gasteiger charge is 2.34. The average Bonchev–Trinajstić information content (AvgIpc) is 3.28. The van der Waals surface area contributed by atoms with Crippen LogP contribution in [0.3, 0.4) is 0 Å². The number of halogens is 3. The Morgan fingerprint density at radius 3 is 2.53 bits per heavy atom. The van der Waals surface area contributed by atoms with Crippen molar-refractivity contribution in [3.63, 3.8) is 0 Å². The summed E-state index contributed by atoms with van der Waals surface area (Å²) in [5.41, 5.74) is 4.06. The number of alkyl halides is 3. The van der Waals surface area contributed by atoms with Crippen molar-refractivity contribution in [3.05, 3.63) is 95.2 Å². The second-order valence-electron chi connectivity index (χ2n) is 11.7. The van der Waals surface area contributed by atoms with Crippen molar-refractivity contribution in [2.75, 3.05) is 26.7 Å². The predicted octanol–water partition coefficient (Wildman–Crippen LogP) is 6.35. The van der Waals surface area contributed by atoms with Crippen LogP contribution in [0.15, 0.2) is 72.8 Å². The maximum Gasteiger partial charge on any atom is 0.416 e. The first-order valence-corrected chi connectivity index (χ1v) is 14.5. The number of amides is 1. The van der Waals surface area contributed by atoms with E-state index in [4.69, 9.17) is 4.74 Å². The van der Waals surface area contributed by atoms with E-state index >= 15 is 0 Å². The number of fused-ring (bicyclic) bond motifs is 5. The number of aromatic nitrogens is 1. The van der Waals surface area contributed by atoms with Gasteiger partial charge < -0.3 is 19.3 Å². The Morgan fingerprint density at radius 2 is 1.79 bits per heavy atom. The Kier molecular flexibility index (Phi) is 8.96. The molecule has 9 heteroatoms. The molecular weight excluding hydrogens is 555 g/mol. The lowest BCUT2D eigenvalue weighted by molar-refractivity contribution is -0.137. The summed E-state index contributed by atoms with van der Waals surface area (Å²) in [6.07, 6.45) is -4.75. The number of hydrogen-bond donors (Lipinski definition) is 1. The SMILES string of the molecule is C[C@@H]1CN([C@@H](C)CO)C(=O)c2c(c3ccccc3n2C)-c2ccccc2CO[C@H]1CN(C)Cc1cccc(C(F)(F)F)c1. The van der Waals surface area contributed by atoms with Gasteiger partial charge in [0.25, 0.3) is 5.91 Å². The molecule has 3 aromatic carbocycles. The number of aryl methyl sites for hydroxylation is 1. The molecule has 0 aliphatic carbocycles. The highest BCUT2D eigenvalue weighted by atomic mass is 19.4. The van der Waals surface area contributed by atoms with Crippen LogP contribution in [0.5, 0.6) is 0 Å². The smallest absolute Gasteiger partial charge is 0.394 e. The summed E-state index contributed by atoms with van der Waals surface area (Å²) in [6.45, 7) is 5.02. The number of rotatable bonds is 6. The number of aliphatic hydroxyl groups is 1. The van der Waals surface area contributed by atoms with Gasteiger partial charge in [0, 0.05) is 49.1 Å². The first kappa shape index (κ1) is 30.8. The lowest BCUT2D eigenvalue weighted by atomic mass is 9.96. The number of ether oxygens (including phenoxy) is 1. The Hall–Kier alpha value is -3.66. The maximum absolute atomic E-state index is 14.4. The Balaban J connectivity index is 1.53. The third-order valence-electron chi connectivity index (χ3n) is 8.42. The number of aliphatic hydroxyl groups excluding tert-OH is 1. The lowest BCUT2D eigenvalue weighted by Gasteiger charge is -2.35. The summed E-state index contributed by atoms with van der Waals surface area (Å²) in [5, 5.41) is 11.1. The van der Waals surface area contributed by atoms with E-state index in [0.29, 0.717) is 37.5 Å². The maximum atomic E-state index is 14.4. The van der Waals surface area contributed by atoms with E-state index < -0.39 is 17.8 Å². The number of likely N-dealkylation sites (N-methyl/N-ethyl adjacent to an activating group) is 1. The zero-order valence-electron chi connectivity index (χ0n) is 24.9. The van der Waals surface area contributed by atoms with Gasteiger partial charge in [-0.3, -0.25) is 9.69 Å². The van der Waals surface area contributed by atoms with Crippen LogP contribution in [-0.4, -0.2) is 64.3 Å². The summed E-state index contributed by atoms with van der Waals surface area (Å²) in [6, 6.07) is 20.8. The number of benzene rings is 3. The zero-order valence-corrected chi connectivity index (χ0v) is 24.9. The molecule has 0 saturated heterocycles. The van der Waals surface area contributed by atoms with Crippen molar-refractivity contribution in [3.8, 4) is 11.1 Å². The van der Waals surface area contributed by atoms with E-state index in [1.165, 1.54) is 12.1 Å². The highest BCUT2D eigenvalue weighted by molar-refractivity contribution is 6.10. The molecular formula is C34H38F3N3O3. The highest BCUT2D eigenvalue weighted by Crippen LogP contribution is 2.38. The molecule has 6 nitrogen and oxygen atoms in total. The molecule has 1 aromatic heterocycles. The number of carbonyl (C=O) groups excluding carboxylic acids is 1. The van der Waals surface area contributed by atoms with Gasteiger partial charge >= 0.3 is 6.18 Å². The van der Waals surface area contributed by atoms with Crippen molar-refractivity contribution in [2.45, 2.75) is 45.3 Å². The lowest BCUT2D eigenvalue weighted by Crippen LogP contribution is -2.47. The van der Waals surface area contributed by atoms with Gasteiger partial charge in [-0.2, -0.15) is 13.2 Å². The zero-order chi connectivity index (χ0) is 30.9. The molecule has 1 N–H and O–H groups in total. The molecule has 5 rings (SSSR count). The third-order valence-corrected chi connectivity index (χ3v) is 8.42. The summed E-state index contributed by atoms with van der Waals surface area (Å²) in [5.74, 6) is -0.319. The summed E-state index contributed by atoms with van der Waals surface area (Å²) < 4.78 is 48.4. The van der Waals surface area contributed by atoms with Crippen LogP contribution in [0.1, 0.15) is 41.0 Å². The van der Waals surface area contributed by atoms with Crippen molar-refractivity contribution < 1.29 is 27.8 Å². The molecule has 1 aliphatic heterocycles. The molecule has 0 radical (unpaired) electrons.